The zero-order valence-corrected chi connectivity index (χ0v) is 12.4. The van der Waals surface area contributed by atoms with E-state index in [0.29, 0.717) is 10.8 Å². The van der Waals surface area contributed by atoms with Crippen LogP contribution in [-0.4, -0.2) is 21.5 Å². The predicted molar refractivity (Wildman–Crippen MR) is 79.7 cm³/mol. The molecule has 19 heavy (non-hydrogen) atoms. The van der Waals surface area contributed by atoms with Crippen molar-refractivity contribution in [3.63, 3.8) is 0 Å². The van der Waals surface area contributed by atoms with Crippen LogP contribution in [0.3, 0.4) is 0 Å². The first kappa shape index (κ1) is 14.1. The van der Waals surface area contributed by atoms with Crippen LogP contribution in [-0.2, 0) is 5.75 Å². The molecule has 2 heterocycles. The van der Waals surface area contributed by atoms with Crippen LogP contribution in [0, 0.1) is 6.92 Å². The molecular weight excluding hydrogens is 280 g/mol. The smallest absolute Gasteiger partial charge is 0.188 e. The molecule has 0 fully saturated rings. The molecule has 6 heteroatoms. The second-order valence-electron chi connectivity index (χ2n) is 3.92. The molecule has 0 aliphatic rings. The fraction of sp³-hybridized carbons (Fsp3) is 0.308. The third kappa shape index (κ3) is 4.08. The van der Waals surface area contributed by atoms with Crippen LogP contribution in [0.5, 0.6) is 0 Å². The molecule has 2 aromatic rings. The highest BCUT2D eigenvalue weighted by Gasteiger charge is 2.06. The maximum Gasteiger partial charge on any atom is 0.188 e. The number of halogens is 1. The van der Waals surface area contributed by atoms with Crippen molar-refractivity contribution in [2.24, 2.45) is 0 Å². The van der Waals surface area contributed by atoms with E-state index in [9.17, 15) is 0 Å². The van der Waals surface area contributed by atoms with Crippen LogP contribution < -0.4 is 5.32 Å². The van der Waals surface area contributed by atoms with Crippen molar-refractivity contribution in [2.75, 3.05) is 11.9 Å². The number of aromatic nitrogens is 3. The Morgan fingerprint density at radius 3 is 2.84 bits per heavy atom. The van der Waals surface area contributed by atoms with Crippen LogP contribution in [0.1, 0.15) is 18.3 Å². The average Bonchev–Trinajstić information content (AvgIpc) is 2.40. The highest BCUT2D eigenvalue weighted by atomic mass is 35.5. The van der Waals surface area contributed by atoms with Gasteiger partial charge in [-0.25, -0.2) is 15.0 Å². The van der Waals surface area contributed by atoms with E-state index in [1.54, 1.807) is 6.20 Å². The number of pyridine rings is 1. The van der Waals surface area contributed by atoms with Gasteiger partial charge >= 0.3 is 0 Å². The lowest BCUT2D eigenvalue weighted by molar-refractivity contribution is 0.930. The summed E-state index contributed by atoms with van der Waals surface area (Å²) < 4.78 is 0. The Bertz CT molecular complexity index is 562. The molecule has 0 aliphatic carbocycles. The maximum atomic E-state index is 6.15. The maximum absolute atomic E-state index is 6.15. The minimum absolute atomic E-state index is 0.654. The number of hydrogen-bond acceptors (Lipinski definition) is 5. The number of aryl methyl sites for hydroxylation is 1. The molecule has 1 N–H and O–H groups in total. The fourth-order valence-electron chi connectivity index (χ4n) is 1.49. The quantitative estimate of drug-likeness (QED) is 0.675. The van der Waals surface area contributed by atoms with Crippen molar-refractivity contribution in [3.05, 3.63) is 40.8 Å². The van der Waals surface area contributed by atoms with Gasteiger partial charge in [0.05, 0.1) is 10.7 Å². The zero-order valence-electron chi connectivity index (χ0n) is 10.9. The van der Waals surface area contributed by atoms with E-state index >= 15 is 0 Å². The van der Waals surface area contributed by atoms with E-state index < -0.39 is 0 Å². The molecule has 0 atom stereocenters. The van der Waals surface area contributed by atoms with Gasteiger partial charge < -0.3 is 5.32 Å². The van der Waals surface area contributed by atoms with Gasteiger partial charge in [-0.1, -0.05) is 23.4 Å². The van der Waals surface area contributed by atoms with Crippen molar-refractivity contribution < 1.29 is 0 Å². The van der Waals surface area contributed by atoms with Gasteiger partial charge in [-0.3, -0.25) is 0 Å². The summed E-state index contributed by atoms with van der Waals surface area (Å²) in [6.45, 7) is 4.82. The topological polar surface area (TPSA) is 50.7 Å². The molecule has 0 spiro atoms. The van der Waals surface area contributed by atoms with Gasteiger partial charge in [-0.2, -0.15) is 0 Å². The van der Waals surface area contributed by atoms with E-state index in [1.807, 2.05) is 32.0 Å². The Kier molecular flexibility index (Phi) is 4.99. The Labute approximate surface area is 122 Å². The minimum Gasteiger partial charge on any atom is -0.370 e. The van der Waals surface area contributed by atoms with E-state index in [4.69, 9.17) is 11.6 Å². The molecule has 4 nitrogen and oxygen atoms in total. The van der Waals surface area contributed by atoms with Crippen LogP contribution in [0.25, 0.3) is 0 Å². The zero-order chi connectivity index (χ0) is 13.7. The van der Waals surface area contributed by atoms with E-state index in [2.05, 4.69) is 20.3 Å². The lowest BCUT2D eigenvalue weighted by atomic mass is 10.3. The summed E-state index contributed by atoms with van der Waals surface area (Å²) in [5.41, 5.74) is 1.80. The largest absolute Gasteiger partial charge is 0.370 e. The first-order valence-corrected chi connectivity index (χ1v) is 7.37. The van der Waals surface area contributed by atoms with Gasteiger partial charge in [0.15, 0.2) is 5.16 Å². The number of anilines is 1. The Hall–Kier alpha value is -1.33. The first-order chi connectivity index (χ1) is 9.19. The SMILES string of the molecule is CCNc1ccc(Cl)c(CSc2nccc(C)n2)n1. The summed E-state index contributed by atoms with van der Waals surface area (Å²) in [5, 5.41) is 4.58. The minimum atomic E-state index is 0.654. The van der Waals surface area contributed by atoms with Gasteiger partial charge in [-0.15, -0.1) is 0 Å². The molecule has 2 rings (SSSR count). The van der Waals surface area contributed by atoms with Crippen molar-refractivity contribution in [1.82, 2.24) is 15.0 Å². The van der Waals surface area contributed by atoms with Gasteiger partial charge in [0.25, 0.3) is 0 Å². The molecule has 100 valence electrons. The fourth-order valence-corrected chi connectivity index (χ4v) is 2.57. The van der Waals surface area contributed by atoms with E-state index in [0.717, 1.165) is 28.9 Å². The van der Waals surface area contributed by atoms with Crippen molar-refractivity contribution >= 4 is 29.2 Å². The third-order valence-corrected chi connectivity index (χ3v) is 3.60. The number of thioether (sulfide) groups is 1. The van der Waals surface area contributed by atoms with Crippen molar-refractivity contribution in [2.45, 2.75) is 24.8 Å². The van der Waals surface area contributed by atoms with Gasteiger partial charge in [0.1, 0.15) is 5.82 Å². The molecule has 0 bridgehead atoms. The second-order valence-corrected chi connectivity index (χ2v) is 5.27. The van der Waals surface area contributed by atoms with Gasteiger partial charge in [0.2, 0.25) is 0 Å². The Balaban J connectivity index is 2.08. The number of rotatable bonds is 5. The van der Waals surface area contributed by atoms with E-state index in [-0.39, 0.29) is 0 Å². The van der Waals surface area contributed by atoms with Crippen LogP contribution in [0.15, 0.2) is 29.6 Å². The summed E-state index contributed by atoms with van der Waals surface area (Å²) in [6, 6.07) is 5.61. The number of nitrogens with zero attached hydrogens (tertiary/aromatic N) is 3. The summed E-state index contributed by atoms with van der Waals surface area (Å²) >= 11 is 7.68. The number of hydrogen-bond donors (Lipinski definition) is 1. The van der Waals surface area contributed by atoms with Crippen LogP contribution in [0.4, 0.5) is 5.82 Å². The summed E-state index contributed by atoms with van der Waals surface area (Å²) in [5.74, 6) is 1.49. The highest BCUT2D eigenvalue weighted by molar-refractivity contribution is 7.98. The second kappa shape index (κ2) is 6.73. The summed E-state index contributed by atoms with van der Waals surface area (Å²) in [6.07, 6.45) is 1.76. The highest BCUT2D eigenvalue weighted by Crippen LogP contribution is 2.24. The molecular formula is C13H15ClN4S. The van der Waals surface area contributed by atoms with Crippen LogP contribution >= 0.6 is 23.4 Å². The lowest BCUT2D eigenvalue weighted by Gasteiger charge is -2.07. The molecule has 2 aromatic heterocycles. The normalized spacial score (nSPS) is 10.5. The standard InChI is InChI=1S/C13H15ClN4S/c1-3-15-12-5-4-10(14)11(18-12)8-19-13-16-7-6-9(2)17-13/h4-7H,3,8H2,1-2H3,(H,15,18). The monoisotopic (exact) mass is 294 g/mol. The molecule has 0 aromatic carbocycles. The van der Waals surface area contributed by atoms with Crippen molar-refractivity contribution in [3.8, 4) is 0 Å². The first-order valence-electron chi connectivity index (χ1n) is 6.00. The predicted octanol–water partition coefficient (Wildman–Crippen LogP) is 3.56. The number of nitrogens with one attached hydrogen (secondary N) is 1. The third-order valence-electron chi connectivity index (χ3n) is 2.39. The lowest BCUT2D eigenvalue weighted by Crippen LogP contribution is -2.01. The van der Waals surface area contributed by atoms with Gasteiger partial charge in [0, 0.05) is 24.2 Å². The average molecular weight is 295 g/mol. The molecule has 0 aliphatic heterocycles. The molecule has 0 radical (unpaired) electrons. The summed E-state index contributed by atoms with van der Waals surface area (Å²) in [7, 11) is 0. The van der Waals surface area contributed by atoms with Gasteiger partial charge in [-0.05, 0) is 32.0 Å². The van der Waals surface area contributed by atoms with Crippen molar-refractivity contribution in [1.29, 1.82) is 0 Å². The Morgan fingerprint density at radius 1 is 1.26 bits per heavy atom. The molecule has 0 saturated heterocycles. The van der Waals surface area contributed by atoms with E-state index in [1.165, 1.54) is 11.8 Å². The summed E-state index contributed by atoms with van der Waals surface area (Å²) in [4.78, 5) is 13.0. The molecule has 0 unspecified atom stereocenters. The molecule has 0 saturated carbocycles. The van der Waals surface area contributed by atoms with Crippen LogP contribution in [0.2, 0.25) is 5.02 Å². The Morgan fingerprint density at radius 2 is 2.11 bits per heavy atom. The molecule has 0 amide bonds.